The van der Waals surface area contributed by atoms with Crippen LogP contribution in [0.1, 0.15) is 63.6 Å². The molecule has 0 aliphatic rings. The highest BCUT2D eigenvalue weighted by Crippen LogP contribution is 2.48. The van der Waals surface area contributed by atoms with Crippen molar-refractivity contribution in [3.63, 3.8) is 0 Å². The smallest absolute Gasteiger partial charge is 0.192 e. The molecule has 0 aliphatic carbocycles. The second kappa shape index (κ2) is 11.0. The third kappa shape index (κ3) is 5.38. The molecule has 0 aromatic heterocycles. The van der Waals surface area contributed by atoms with Crippen LogP contribution in [-0.2, 0) is 9.84 Å². The topological polar surface area (TPSA) is 35.2 Å². The molecule has 0 radical (unpaired) electrons. The Labute approximate surface area is 208 Å². The summed E-state index contributed by atoms with van der Waals surface area (Å²) in [5.41, 5.74) is 10.3. The predicted molar refractivity (Wildman–Crippen MR) is 149 cm³/mol. The molecule has 3 heteroatoms. The Hall–Kier alpha value is -2.20. The quantitative estimate of drug-likeness (QED) is 0.240. The first kappa shape index (κ1) is 26.4. The van der Waals surface area contributed by atoms with Gasteiger partial charge >= 0.3 is 0 Å². The Morgan fingerprint density at radius 1 is 0.735 bits per heavy atom. The highest BCUT2D eigenvalue weighted by atomic mass is 28.4. The molecule has 2 N–H and O–H groups in total. The van der Waals surface area contributed by atoms with E-state index in [0.717, 1.165) is 19.3 Å². The van der Waals surface area contributed by atoms with Crippen LogP contribution in [0.4, 0.5) is 0 Å². The fraction of sp³-hybridized carbons (Fsp3) is 0.419. The summed E-state index contributed by atoms with van der Waals surface area (Å²) in [4.78, 5) is 0. The number of unbranched alkanes of at least 4 members (excludes halogenated alkanes) is 1. The largest absolute Gasteiger partial charge is 0.411 e. The summed E-state index contributed by atoms with van der Waals surface area (Å²) < 4.78 is 7.40. The molecule has 0 bridgehead atoms. The number of benzene rings is 3. The zero-order chi connectivity index (χ0) is 24.8. The van der Waals surface area contributed by atoms with Gasteiger partial charge in [0.05, 0.1) is 11.5 Å². The van der Waals surface area contributed by atoms with E-state index in [1.807, 2.05) is 0 Å². The van der Waals surface area contributed by atoms with E-state index in [-0.39, 0.29) is 17.2 Å². The normalized spacial score (nSPS) is 14.6. The maximum atomic E-state index is 7.40. The molecular weight excluding hydrogens is 430 g/mol. The molecule has 3 rings (SSSR count). The minimum atomic E-state index is -2.16. The summed E-state index contributed by atoms with van der Waals surface area (Å²) in [5.74, 6) is 0. The van der Waals surface area contributed by atoms with Gasteiger partial charge in [0, 0.05) is 6.04 Å². The standard InChI is InChI=1S/C31H43NOSi/c1-7-8-24-28(32)29(33-34(5,6)30(2,3)4)31(25-18-12-9-13-19-25,26-20-14-10-15-21-26)27-22-16-11-17-23-27/h9-23,28-29H,7-8,24,32H2,1-6H3/t28-,29-/m1/s1. The number of rotatable bonds is 10. The molecule has 0 aliphatic heterocycles. The van der Waals surface area contributed by atoms with Crippen molar-refractivity contribution in [3.05, 3.63) is 108 Å². The van der Waals surface area contributed by atoms with Crippen molar-refractivity contribution in [1.29, 1.82) is 0 Å². The summed E-state index contributed by atoms with van der Waals surface area (Å²) in [5, 5.41) is 0.0749. The van der Waals surface area contributed by atoms with Crippen LogP contribution in [-0.4, -0.2) is 20.5 Å². The van der Waals surface area contributed by atoms with E-state index in [2.05, 4.69) is 132 Å². The molecule has 3 aromatic rings. The van der Waals surface area contributed by atoms with Crippen molar-refractivity contribution in [1.82, 2.24) is 0 Å². The molecule has 0 amide bonds. The number of hydrogen-bond acceptors (Lipinski definition) is 2. The minimum absolute atomic E-state index is 0.0749. The molecule has 182 valence electrons. The molecule has 0 fully saturated rings. The van der Waals surface area contributed by atoms with Crippen molar-refractivity contribution in [2.75, 3.05) is 0 Å². The average Bonchev–Trinajstić information content (AvgIpc) is 2.83. The van der Waals surface area contributed by atoms with Gasteiger partial charge in [0.15, 0.2) is 8.32 Å². The van der Waals surface area contributed by atoms with Crippen LogP contribution in [0.3, 0.4) is 0 Å². The van der Waals surface area contributed by atoms with Gasteiger partial charge < -0.3 is 10.2 Å². The molecular formula is C31H43NOSi. The van der Waals surface area contributed by atoms with Gasteiger partial charge in [0.25, 0.3) is 0 Å². The van der Waals surface area contributed by atoms with Crippen molar-refractivity contribution in [2.24, 2.45) is 5.73 Å². The van der Waals surface area contributed by atoms with Crippen molar-refractivity contribution < 1.29 is 4.43 Å². The lowest BCUT2D eigenvalue weighted by Gasteiger charge is -2.50. The molecule has 0 unspecified atom stereocenters. The Kier molecular flexibility index (Phi) is 8.56. The average molecular weight is 474 g/mol. The predicted octanol–water partition coefficient (Wildman–Crippen LogP) is 7.93. The SMILES string of the molecule is CCCC[C@@H](N)[C@@H](O[Si](C)(C)C(C)(C)C)C(c1ccccc1)(c1ccccc1)c1ccccc1. The van der Waals surface area contributed by atoms with Crippen LogP contribution >= 0.6 is 0 Å². The first-order valence-corrected chi connectivity index (χ1v) is 15.7. The zero-order valence-electron chi connectivity index (χ0n) is 21.9. The lowest BCUT2D eigenvalue weighted by molar-refractivity contribution is 0.0992. The maximum absolute atomic E-state index is 7.40. The Morgan fingerprint density at radius 2 is 1.12 bits per heavy atom. The van der Waals surface area contributed by atoms with E-state index in [9.17, 15) is 0 Å². The van der Waals surface area contributed by atoms with E-state index in [1.54, 1.807) is 0 Å². The molecule has 2 atom stereocenters. The lowest BCUT2D eigenvalue weighted by atomic mass is 9.64. The molecule has 0 spiro atoms. The first-order valence-electron chi connectivity index (χ1n) is 12.7. The second-order valence-electron chi connectivity index (χ2n) is 11.0. The van der Waals surface area contributed by atoms with E-state index < -0.39 is 13.7 Å². The van der Waals surface area contributed by atoms with Crippen LogP contribution in [0, 0.1) is 0 Å². The summed E-state index contributed by atoms with van der Waals surface area (Å²) in [6.45, 7) is 13.8. The van der Waals surface area contributed by atoms with Gasteiger partial charge in [-0.25, -0.2) is 0 Å². The van der Waals surface area contributed by atoms with Crippen LogP contribution in [0.5, 0.6) is 0 Å². The van der Waals surface area contributed by atoms with E-state index in [0.29, 0.717) is 0 Å². The van der Waals surface area contributed by atoms with Gasteiger partial charge in [-0.05, 0) is 41.2 Å². The molecule has 0 saturated heterocycles. The maximum Gasteiger partial charge on any atom is 0.192 e. The molecule has 0 saturated carbocycles. The van der Waals surface area contributed by atoms with Crippen LogP contribution < -0.4 is 5.73 Å². The van der Waals surface area contributed by atoms with E-state index in [4.69, 9.17) is 10.2 Å². The van der Waals surface area contributed by atoms with Crippen LogP contribution in [0.15, 0.2) is 91.0 Å². The van der Waals surface area contributed by atoms with Gasteiger partial charge in [-0.15, -0.1) is 0 Å². The van der Waals surface area contributed by atoms with Gasteiger partial charge in [-0.2, -0.15) is 0 Å². The Bertz CT molecular complexity index is 899. The van der Waals surface area contributed by atoms with Crippen molar-refractivity contribution >= 4 is 8.32 Å². The number of nitrogens with two attached hydrogens (primary N) is 1. The van der Waals surface area contributed by atoms with Gasteiger partial charge in [0.1, 0.15) is 0 Å². The van der Waals surface area contributed by atoms with Gasteiger partial charge in [-0.1, -0.05) is 132 Å². The van der Waals surface area contributed by atoms with Gasteiger partial charge in [-0.3, -0.25) is 0 Å². The minimum Gasteiger partial charge on any atom is -0.411 e. The van der Waals surface area contributed by atoms with Crippen molar-refractivity contribution in [2.45, 2.75) is 82.7 Å². The summed E-state index contributed by atoms with van der Waals surface area (Å²) in [6.07, 6.45) is 2.94. The van der Waals surface area contributed by atoms with E-state index >= 15 is 0 Å². The van der Waals surface area contributed by atoms with Gasteiger partial charge in [0.2, 0.25) is 0 Å². The zero-order valence-corrected chi connectivity index (χ0v) is 22.9. The monoisotopic (exact) mass is 473 g/mol. The summed E-state index contributed by atoms with van der Waals surface area (Å²) in [6, 6.07) is 32.4. The fourth-order valence-electron chi connectivity index (χ4n) is 4.68. The molecule has 3 aromatic carbocycles. The molecule has 34 heavy (non-hydrogen) atoms. The summed E-state index contributed by atoms with van der Waals surface area (Å²) >= 11 is 0. The highest BCUT2D eigenvalue weighted by Gasteiger charge is 2.51. The van der Waals surface area contributed by atoms with Crippen LogP contribution in [0.2, 0.25) is 18.1 Å². The molecule has 2 nitrogen and oxygen atoms in total. The first-order chi connectivity index (χ1) is 16.1. The highest BCUT2D eigenvalue weighted by molar-refractivity contribution is 6.74. The second-order valence-corrected chi connectivity index (χ2v) is 15.8. The third-order valence-electron chi connectivity index (χ3n) is 7.62. The summed E-state index contributed by atoms with van der Waals surface area (Å²) in [7, 11) is -2.16. The van der Waals surface area contributed by atoms with E-state index in [1.165, 1.54) is 16.7 Å². The Balaban J connectivity index is 2.38. The third-order valence-corrected chi connectivity index (χ3v) is 12.1. The number of hydrogen-bond donors (Lipinski definition) is 1. The van der Waals surface area contributed by atoms with Crippen molar-refractivity contribution in [3.8, 4) is 0 Å². The lowest BCUT2D eigenvalue weighted by Crippen LogP contribution is -2.58. The fourth-order valence-corrected chi connectivity index (χ4v) is 6.02. The van der Waals surface area contributed by atoms with Crippen LogP contribution in [0.25, 0.3) is 0 Å². The molecule has 0 heterocycles. The Morgan fingerprint density at radius 3 is 1.44 bits per heavy atom.